The first-order valence-electron chi connectivity index (χ1n) is 9.78. The predicted octanol–water partition coefficient (Wildman–Crippen LogP) is 2.91. The Labute approximate surface area is 177 Å². The van der Waals surface area contributed by atoms with Gasteiger partial charge in [0.2, 0.25) is 10.0 Å². The maximum absolute atomic E-state index is 11.6. The molecule has 0 spiro atoms. The second-order valence-corrected chi connectivity index (χ2v) is 9.74. The van der Waals surface area contributed by atoms with E-state index in [2.05, 4.69) is 41.4 Å². The number of primary sulfonamides is 1. The van der Waals surface area contributed by atoms with Crippen LogP contribution in [0.15, 0.2) is 69.4 Å². The fourth-order valence-electron chi connectivity index (χ4n) is 3.30. The molecule has 0 bridgehead atoms. The van der Waals surface area contributed by atoms with Gasteiger partial charge in [0.25, 0.3) is 0 Å². The Morgan fingerprint density at radius 2 is 2.03 bits per heavy atom. The van der Waals surface area contributed by atoms with Crippen LogP contribution in [0.4, 0.5) is 0 Å². The van der Waals surface area contributed by atoms with E-state index in [0.717, 1.165) is 43.3 Å². The summed E-state index contributed by atoms with van der Waals surface area (Å²) in [6, 6.07) is 17.1. The van der Waals surface area contributed by atoms with Crippen LogP contribution in [0.1, 0.15) is 18.9 Å². The summed E-state index contributed by atoms with van der Waals surface area (Å²) in [5.41, 5.74) is 0.822. The topological polar surface area (TPSA) is 87.8 Å². The van der Waals surface area contributed by atoms with Crippen molar-refractivity contribution >= 4 is 27.7 Å². The average molecular weight is 433 g/mol. The van der Waals surface area contributed by atoms with Gasteiger partial charge in [0, 0.05) is 30.3 Å². The number of hydrogen-bond acceptors (Lipinski definition) is 4. The summed E-state index contributed by atoms with van der Waals surface area (Å²) in [6.45, 7) is 5.20. The molecule has 156 valence electrons. The highest BCUT2D eigenvalue weighted by Gasteiger charge is 2.25. The Bertz CT molecular complexity index is 933. The maximum atomic E-state index is 11.6. The molecule has 29 heavy (non-hydrogen) atoms. The predicted molar refractivity (Wildman–Crippen MR) is 119 cm³/mol. The van der Waals surface area contributed by atoms with Gasteiger partial charge in [-0.2, -0.15) is 0 Å². The van der Waals surface area contributed by atoms with Crippen molar-refractivity contribution < 1.29 is 8.42 Å². The number of likely N-dealkylation sites (tertiary alicyclic amines) is 1. The molecule has 0 saturated carbocycles. The zero-order valence-corrected chi connectivity index (χ0v) is 18.3. The molecule has 1 aliphatic heterocycles. The monoisotopic (exact) mass is 432 g/mol. The minimum Gasteiger partial charge on any atom is -0.357 e. The second kappa shape index (κ2) is 10.1. The number of benzene rings is 2. The lowest BCUT2D eigenvalue weighted by Gasteiger charge is -2.21. The molecule has 1 unspecified atom stereocenters. The first-order valence-corrected chi connectivity index (χ1v) is 12.3. The molecule has 3 N–H and O–H groups in total. The number of nitrogens with zero attached hydrogens (tertiary/aromatic N) is 2. The third-order valence-electron chi connectivity index (χ3n) is 4.79. The third kappa shape index (κ3) is 6.48. The van der Waals surface area contributed by atoms with Crippen LogP contribution >= 0.6 is 11.8 Å². The van der Waals surface area contributed by atoms with E-state index in [1.165, 1.54) is 11.0 Å². The van der Waals surface area contributed by atoms with Gasteiger partial charge < -0.3 is 10.2 Å². The smallest absolute Gasteiger partial charge is 0.238 e. The lowest BCUT2D eigenvalue weighted by atomic mass is 10.2. The third-order valence-corrected chi connectivity index (χ3v) is 6.94. The molecule has 1 fully saturated rings. The van der Waals surface area contributed by atoms with Crippen LogP contribution in [0.2, 0.25) is 0 Å². The number of nitrogens with one attached hydrogen (secondary N) is 1. The quantitative estimate of drug-likeness (QED) is 0.399. The first kappa shape index (κ1) is 21.7. The van der Waals surface area contributed by atoms with Crippen molar-refractivity contribution in [3.8, 4) is 0 Å². The van der Waals surface area contributed by atoms with Crippen LogP contribution in [0.25, 0.3) is 0 Å². The number of hydrogen-bond donors (Lipinski definition) is 2. The highest BCUT2D eigenvalue weighted by atomic mass is 32.2. The minimum absolute atomic E-state index is 0.120. The van der Waals surface area contributed by atoms with Crippen LogP contribution < -0.4 is 10.5 Å². The average Bonchev–Trinajstić information content (AvgIpc) is 3.19. The van der Waals surface area contributed by atoms with Crippen LogP contribution in [0, 0.1) is 5.92 Å². The Hall–Kier alpha value is -2.03. The highest BCUT2D eigenvalue weighted by molar-refractivity contribution is 7.99. The molecule has 0 aliphatic carbocycles. The fourth-order valence-corrected chi connectivity index (χ4v) is 4.94. The minimum atomic E-state index is -3.70. The van der Waals surface area contributed by atoms with Crippen molar-refractivity contribution in [1.82, 2.24) is 10.2 Å². The maximum Gasteiger partial charge on any atom is 0.238 e. The Morgan fingerprint density at radius 1 is 1.24 bits per heavy atom. The van der Waals surface area contributed by atoms with Crippen LogP contribution in [0.3, 0.4) is 0 Å². The van der Waals surface area contributed by atoms with Crippen LogP contribution in [0.5, 0.6) is 0 Å². The lowest BCUT2D eigenvalue weighted by Crippen LogP contribution is -2.40. The Kier molecular flexibility index (Phi) is 7.57. The number of rotatable bonds is 7. The van der Waals surface area contributed by atoms with E-state index in [9.17, 15) is 8.42 Å². The molecular weight excluding hydrogens is 404 g/mol. The van der Waals surface area contributed by atoms with Gasteiger partial charge >= 0.3 is 0 Å². The number of sulfonamides is 1. The summed E-state index contributed by atoms with van der Waals surface area (Å²) >= 11 is 1.90. The van der Waals surface area contributed by atoms with E-state index in [-0.39, 0.29) is 4.90 Å². The lowest BCUT2D eigenvalue weighted by molar-refractivity contribution is 0.474. The molecule has 6 nitrogen and oxygen atoms in total. The van der Waals surface area contributed by atoms with Crippen molar-refractivity contribution in [3.63, 3.8) is 0 Å². The summed E-state index contributed by atoms with van der Waals surface area (Å²) in [5.74, 6) is 2.59. The standard InChI is InChI=1S/C21H28N4O2S2/c1-2-23-21(24-14-17-7-6-10-20(13-17)29(22,26)27)25-12-11-18(15-25)16-28-19-8-4-3-5-9-19/h3-10,13,18H,2,11-12,14-16H2,1H3,(H,23,24)(H2,22,26,27). The summed E-state index contributed by atoms with van der Waals surface area (Å²) in [5, 5.41) is 8.59. The Balaban J connectivity index is 1.61. The summed E-state index contributed by atoms with van der Waals surface area (Å²) in [7, 11) is -3.70. The van der Waals surface area contributed by atoms with Crippen LogP contribution in [-0.4, -0.2) is 44.7 Å². The molecule has 1 aliphatic rings. The molecule has 8 heteroatoms. The summed E-state index contributed by atoms with van der Waals surface area (Å²) in [6.07, 6.45) is 1.14. The fraction of sp³-hybridized carbons (Fsp3) is 0.381. The van der Waals surface area contributed by atoms with Gasteiger partial charge in [-0.1, -0.05) is 30.3 Å². The molecule has 2 aromatic rings. The van der Waals surface area contributed by atoms with E-state index >= 15 is 0 Å². The van der Waals surface area contributed by atoms with Gasteiger partial charge in [0.1, 0.15) is 0 Å². The number of nitrogens with two attached hydrogens (primary N) is 1. The zero-order valence-electron chi connectivity index (χ0n) is 16.6. The van der Waals surface area contributed by atoms with Gasteiger partial charge in [-0.3, -0.25) is 0 Å². The number of thioether (sulfide) groups is 1. The molecule has 0 radical (unpaired) electrons. The summed E-state index contributed by atoms with van der Waals surface area (Å²) < 4.78 is 23.1. The van der Waals surface area contributed by atoms with E-state index in [4.69, 9.17) is 10.1 Å². The van der Waals surface area contributed by atoms with E-state index < -0.39 is 10.0 Å². The van der Waals surface area contributed by atoms with Crippen molar-refractivity contribution in [3.05, 3.63) is 60.2 Å². The normalized spacial score (nSPS) is 17.5. The molecule has 0 aromatic heterocycles. The van der Waals surface area contributed by atoms with Gasteiger partial charge in [0.05, 0.1) is 11.4 Å². The molecule has 1 heterocycles. The van der Waals surface area contributed by atoms with Gasteiger partial charge in [0.15, 0.2) is 5.96 Å². The molecule has 0 amide bonds. The number of aliphatic imine (C=N–C) groups is 1. The van der Waals surface area contributed by atoms with Crippen LogP contribution in [-0.2, 0) is 16.6 Å². The SMILES string of the molecule is CCNC(=NCc1cccc(S(N)(=O)=O)c1)N1CCC(CSc2ccccc2)C1. The van der Waals surface area contributed by atoms with Gasteiger partial charge in [-0.05, 0) is 49.1 Å². The highest BCUT2D eigenvalue weighted by Crippen LogP contribution is 2.26. The molecule has 1 saturated heterocycles. The summed E-state index contributed by atoms with van der Waals surface area (Å²) in [4.78, 5) is 8.45. The largest absolute Gasteiger partial charge is 0.357 e. The molecule has 3 rings (SSSR count). The van der Waals surface area contributed by atoms with E-state index in [1.54, 1.807) is 12.1 Å². The zero-order chi connectivity index (χ0) is 20.7. The second-order valence-electron chi connectivity index (χ2n) is 7.09. The van der Waals surface area contributed by atoms with Gasteiger partial charge in [-0.25, -0.2) is 18.5 Å². The van der Waals surface area contributed by atoms with E-state index in [0.29, 0.717) is 12.5 Å². The first-order chi connectivity index (χ1) is 14.0. The van der Waals surface area contributed by atoms with E-state index in [1.807, 2.05) is 23.9 Å². The van der Waals surface area contributed by atoms with Crippen molar-refractivity contribution in [2.75, 3.05) is 25.4 Å². The Morgan fingerprint density at radius 3 is 2.76 bits per heavy atom. The molecule has 2 aromatic carbocycles. The molecular formula is C21H28N4O2S2. The van der Waals surface area contributed by atoms with Gasteiger partial charge in [-0.15, -0.1) is 11.8 Å². The van der Waals surface area contributed by atoms with Crippen molar-refractivity contribution in [1.29, 1.82) is 0 Å². The number of guanidine groups is 1. The van der Waals surface area contributed by atoms with Crippen molar-refractivity contribution in [2.24, 2.45) is 16.0 Å². The molecule has 1 atom stereocenters. The van der Waals surface area contributed by atoms with Crippen molar-refractivity contribution in [2.45, 2.75) is 29.7 Å².